The molecule has 1 saturated heterocycles. The predicted molar refractivity (Wildman–Crippen MR) is 106 cm³/mol. The maximum atomic E-state index is 13.3. The van der Waals surface area contributed by atoms with Crippen molar-refractivity contribution in [3.05, 3.63) is 48.5 Å². The molecule has 3 heterocycles. The lowest BCUT2D eigenvalue weighted by Gasteiger charge is -2.37. The van der Waals surface area contributed by atoms with E-state index in [1.807, 2.05) is 50.4 Å². The smallest absolute Gasteiger partial charge is 0.248 e. The summed E-state index contributed by atoms with van der Waals surface area (Å²) in [5.41, 5.74) is 0.0370. The molecular weight excluding hydrogens is 356 g/mol. The normalized spacial score (nSPS) is 17.4. The molecule has 0 saturated carbocycles. The molecule has 1 amide bonds. The molecular formula is C21H26N4O3. The Morgan fingerprint density at radius 3 is 2.93 bits per heavy atom. The molecule has 1 aliphatic heterocycles. The van der Waals surface area contributed by atoms with Gasteiger partial charge in [0.05, 0.1) is 12.6 Å². The van der Waals surface area contributed by atoms with Crippen LogP contribution >= 0.6 is 0 Å². The van der Waals surface area contributed by atoms with Gasteiger partial charge in [0.25, 0.3) is 0 Å². The zero-order valence-electron chi connectivity index (χ0n) is 16.3. The first kappa shape index (κ1) is 18.6. The molecule has 1 aliphatic rings. The third-order valence-electron chi connectivity index (χ3n) is 5.40. The molecule has 3 aromatic rings. The predicted octanol–water partition coefficient (Wildman–Crippen LogP) is 2.98. The fourth-order valence-corrected chi connectivity index (χ4v) is 3.86. The van der Waals surface area contributed by atoms with Crippen molar-refractivity contribution < 1.29 is 13.9 Å². The highest BCUT2D eigenvalue weighted by molar-refractivity contribution is 5.86. The molecule has 2 aromatic heterocycles. The molecule has 0 spiro atoms. The summed E-state index contributed by atoms with van der Waals surface area (Å²) < 4.78 is 13.5. The Hall–Kier alpha value is -2.80. The topological polar surface area (TPSA) is 81.3 Å². The largest absolute Gasteiger partial charge is 0.490 e. The number of para-hydroxylation sites is 1. The van der Waals surface area contributed by atoms with Crippen molar-refractivity contribution in [2.75, 3.05) is 19.7 Å². The summed E-state index contributed by atoms with van der Waals surface area (Å²) in [5.74, 6) is 1.40. The first-order chi connectivity index (χ1) is 13.6. The zero-order valence-corrected chi connectivity index (χ0v) is 16.3. The van der Waals surface area contributed by atoms with Gasteiger partial charge in [-0.05, 0) is 58.0 Å². The number of amides is 1. The maximum absolute atomic E-state index is 13.3. The van der Waals surface area contributed by atoms with Gasteiger partial charge in [-0.25, -0.2) is 0 Å². The average molecular weight is 382 g/mol. The van der Waals surface area contributed by atoms with E-state index < -0.39 is 5.54 Å². The molecule has 1 aromatic carbocycles. The van der Waals surface area contributed by atoms with Crippen LogP contribution in [0.3, 0.4) is 0 Å². The molecule has 1 atom stereocenters. The average Bonchev–Trinajstić information content (AvgIpc) is 3.39. The minimum atomic E-state index is -0.675. The molecule has 7 heteroatoms. The van der Waals surface area contributed by atoms with Crippen LogP contribution < -0.4 is 15.4 Å². The van der Waals surface area contributed by atoms with Crippen LogP contribution in [0.25, 0.3) is 11.0 Å². The summed E-state index contributed by atoms with van der Waals surface area (Å²) in [6.45, 7) is 6.02. The van der Waals surface area contributed by atoms with E-state index in [4.69, 9.17) is 9.15 Å². The van der Waals surface area contributed by atoms with E-state index in [9.17, 15) is 4.79 Å². The second-order valence-corrected chi connectivity index (χ2v) is 7.18. The quantitative estimate of drug-likeness (QED) is 0.685. The van der Waals surface area contributed by atoms with E-state index >= 15 is 0 Å². The monoisotopic (exact) mass is 382 g/mol. The van der Waals surface area contributed by atoms with Gasteiger partial charge in [-0.15, -0.1) is 0 Å². The van der Waals surface area contributed by atoms with E-state index in [-0.39, 0.29) is 11.9 Å². The van der Waals surface area contributed by atoms with E-state index in [2.05, 4.69) is 15.7 Å². The zero-order chi connectivity index (χ0) is 19.6. The summed E-state index contributed by atoms with van der Waals surface area (Å²) in [6, 6.07) is 9.37. The SMILES string of the molecule is CCOc1cccc2cc(C(C)NC(=O)C3(n4cccn4)CCNCC3)oc12. The van der Waals surface area contributed by atoms with Crippen LogP contribution in [0.4, 0.5) is 0 Å². The van der Waals surface area contributed by atoms with Gasteiger partial charge in [-0.3, -0.25) is 9.48 Å². The Morgan fingerprint density at radius 2 is 2.21 bits per heavy atom. The van der Waals surface area contributed by atoms with Gasteiger partial charge in [-0.2, -0.15) is 5.10 Å². The first-order valence-electron chi connectivity index (χ1n) is 9.81. The number of carbonyl (C=O) groups excluding carboxylic acids is 1. The molecule has 2 N–H and O–H groups in total. The summed E-state index contributed by atoms with van der Waals surface area (Å²) in [5, 5.41) is 11.8. The minimum absolute atomic E-state index is 0.0318. The Bertz CT molecular complexity index is 942. The Kier molecular flexibility index (Phi) is 5.09. The number of furan rings is 1. The van der Waals surface area contributed by atoms with Crippen LogP contribution in [0.2, 0.25) is 0 Å². The van der Waals surface area contributed by atoms with Crippen LogP contribution in [0.5, 0.6) is 5.75 Å². The number of hydrogen-bond donors (Lipinski definition) is 2. The molecule has 148 valence electrons. The lowest BCUT2D eigenvalue weighted by Crippen LogP contribution is -2.54. The third kappa shape index (κ3) is 3.26. The number of benzene rings is 1. The number of rotatable bonds is 6. The fourth-order valence-electron chi connectivity index (χ4n) is 3.86. The van der Waals surface area contributed by atoms with Crippen LogP contribution in [0, 0.1) is 0 Å². The van der Waals surface area contributed by atoms with Crippen molar-refractivity contribution >= 4 is 16.9 Å². The van der Waals surface area contributed by atoms with Gasteiger partial charge in [0, 0.05) is 17.8 Å². The standard InChI is InChI=1S/C21H26N4O3/c1-3-27-17-7-4-6-16-14-18(28-19(16)17)15(2)24-20(26)21(8-11-22-12-9-21)25-13-5-10-23-25/h4-7,10,13-15,22H,3,8-9,11-12H2,1-2H3,(H,24,26). The van der Waals surface area contributed by atoms with Gasteiger partial charge < -0.3 is 19.8 Å². The van der Waals surface area contributed by atoms with Gasteiger partial charge >= 0.3 is 0 Å². The van der Waals surface area contributed by atoms with Gasteiger partial charge in [0.2, 0.25) is 5.91 Å². The van der Waals surface area contributed by atoms with Crippen LogP contribution in [-0.4, -0.2) is 35.4 Å². The number of nitrogens with one attached hydrogen (secondary N) is 2. The van der Waals surface area contributed by atoms with E-state index in [0.717, 1.165) is 24.2 Å². The third-order valence-corrected chi connectivity index (χ3v) is 5.40. The van der Waals surface area contributed by atoms with Gasteiger partial charge in [0.15, 0.2) is 11.3 Å². The first-order valence-corrected chi connectivity index (χ1v) is 9.81. The number of piperidine rings is 1. The van der Waals surface area contributed by atoms with E-state index in [1.165, 1.54) is 0 Å². The number of nitrogens with zero attached hydrogens (tertiary/aromatic N) is 2. The molecule has 4 rings (SSSR count). The second-order valence-electron chi connectivity index (χ2n) is 7.18. The lowest BCUT2D eigenvalue weighted by molar-refractivity contribution is -0.132. The van der Waals surface area contributed by atoms with E-state index in [1.54, 1.807) is 10.9 Å². The van der Waals surface area contributed by atoms with Crippen LogP contribution in [-0.2, 0) is 10.3 Å². The van der Waals surface area contributed by atoms with Crippen molar-refractivity contribution in [1.29, 1.82) is 0 Å². The van der Waals surface area contributed by atoms with E-state index in [0.29, 0.717) is 30.8 Å². The molecule has 0 bridgehead atoms. The van der Waals surface area contributed by atoms with Crippen molar-refractivity contribution in [2.24, 2.45) is 0 Å². The van der Waals surface area contributed by atoms with Crippen LogP contribution in [0.15, 0.2) is 47.1 Å². The molecule has 1 unspecified atom stereocenters. The van der Waals surface area contributed by atoms with Crippen molar-refractivity contribution in [3.63, 3.8) is 0 Å². The summed E-state index contributed by atoms with van der Waals surface area (Å²) in [6.07, 6.45) is 4.98. The van der Waals surface area contributed by atoms with Gasteiger partial charge in [0.1, 0.15) is 11.3 Å². The van der Waals surface area contributed by atoms with Crippen molar-refractivity contribution in [2.45, 2.75) is 38.3 Å². The Labute approximate surface area is 164 Å². The molecule has 7 nitrogen and oxygen atoms in total. The summed E-state index contributed by atoms with van der Waals surface area (Å²) in [4.78, 5) is 13.3. The lowest BCUT2D eigenvalue weighted by atomic mass is 9.87. The minimum Gasteiger partial charge on any atom is -0.490 e. The maximum Gasteiger partial charge on any atom is 0.248 e. The van der Waals surface area contributed by atoms with Crippen molar-refractivity contribution in [1.82, 2.24) is 20.4 Å². The highest BCUT2D eigenvalue weighted by Crippen LogP contribution is 2.32. The number of fused-ring (bicyclic) bond motifs is 1. The summed E-state index contributed by atoms with van der Waals surface area (Å²) >= 11 is 0. The van der Waals surface area contributed by atoms with Crippen LogP contribution in [0.1, 0.15) is 38.5 Å². The fraction of sp³-hybridized carbons (Fsp3) is 0.429. The van der Waals surface area contributed by atoms with Crippen molar-refractivity contribution in [3.8, 4) is 5.75 Å². The van der Waals surface area contributed by atoms with Gasteiger partial charge in [-0.1, -0.05) is 12.1 Å². The molecule has 0 aliphatic carbocycles. The molecule has 1 fully saturated rings. The Morgan fingerprint density at radius 1 is 1.39 bits per heavy atom. The second kappa shape index (κ2) is 7.67. The number of ether oxygens (including phenoxy) is 1. The summed E-state index contributed by atoms with van der Waals surface area (Å²) in [7, 11) is 0. The number of carbonyl (C=O) groups is 1. The number of aromatic nitrogens is 2. The highest BCUT2D eigenvalue weighted by atomic mass is 16.5. The Balaban J connectivity index is 1.58. The highest BCUT2D eigenvalue weighted by Gasteiger charge is 2.42. The molecule has 28 heavy (non-hydrogen) atoms. The number of hydrogen-bond acceptors (Lipinski definition) is 5. The molecule has 0 radical (unpaired) electrons.